The van der Waals surface area contributed by atoms with E-state index < -0.39 is 0 Å². The first kappa shape index (κ1) is 18.2. The molecule has 0 saturated carbocycles. The highest BCUT2D eigenvalue weighted by molar-refractivity contribution is 5.95. The third kappa shape index (κ3) is 5.48. The number of carbonyl (C=O) groups is 1. The molecule has 0 aromatic heterocycles. The highest BCUT2D eigenvalue weighted by atomic mass is 16.2. The first-order valence-corrected chi connectivity index (χ1v) is 8.20. The topological polar surface area (TPSA) is 35.6 Å². The molecule has 0 aliphatic rings. The zero-order valence-corrected chi connectivity index (χ0v) is 15.0. The molecule has 4 nitrogen and oxygen atoms in total. The SMILES string of the molecule is CN(C)Cc1ccc(NC(=O)[C@H](Cc2ccccc2)N(C)C)cc1. The second-order valence-electron chi connectivity index (χ2n) is 6.59. The van der Waals surface area contributed by atoms with Crippen molar-refractivity contribution in [1.82, 2.24) is 9.80 Å². The van der Waals surface area contributed by atoms with Gasteiger partial charge in [-0.05, 0) is 57.9 Å². The van der Waals surface area contributed by atoms with Gasteiger partial charge in [0.15, 0.2) is 0 Å². The van der Waals surface area contributed by atoms with Gasteiger partial charge >= 0.3 is 0 Å². The summed E-state index contributed by atoms with van der Waals surface area (Å²) in [7, 11) is 7.96. The van der Waals surface area contributed by atoms with E-state index in [2.05, 4.69) is 34.5 Å². The lowest BCUT2D eigenvalue weighted by Crippen LogP contribution is -2.41. The summed E-state index contributed by atoms with van der Waals surface area (Å²) < 4.78 is 0. The standard InChI is InChI=1S/C20H27N3O/c1-22(2)15-17-10-12-18(13-11-17)21-20(24)19(23(3)4)14-16-8-6-5-7-9-16/h5-13,19H,14-15H2,1-4H3,(H,21,24)/t19-/m0/s1. The smallest absolute Gasteiger partial charge is 0.242 e. The number of amides is 1. The normalized spacial score (nSPS) is 12.4. The van der Waals surface area contributed by atoms with Gasteiger partial charge in [-0.15, -0.1) is 0 Å². The fraction of sp³-hybridized carbons (Fsp3) is 0.350. The predicted octanol–water partition coefficient (Wildman–Crippen LogP) is 2.86. The average Bonchev–Trinajstić information content (AvgIpc) is 2.54. The number of carbonyl (C=O) groups excluding carboxylic acids is 1. The van der Waals surface area contributed by atoms with Gasteiger partial charge in [-0.1, -0.05) is 42.5 Å². The molecule has 4 heteroatoms. The summed E-state index contributed by atoms with van der Waals surface area (Å²) >= 11 is 0. The lowest BCUT2D eigenvalue weighted by atomic mass is 10.0. The Hall–Kier alpha value is -2.17. The van der Waals surface area contributed by atoms with Crippen molar-refractivity contribution in [2.45, 2.75) is 19.0 Å². The zero-order valence-electron chi connectivity index (χ0n) is 15.0. The largest absolute Gasteiger partial charge is 0.325 e. The molecule has 0 spiro atoms. The molecule has 128 valence electrons. The zero-order chi connectivity index (χ0) is 17.5. The number of anilines is 1. The van der Waals surface area contributed by atoms with Crippen LogP contribution in [-0.2, 0) is 17.8 Å². The van der Waals surface area contributed by atoms with Crippen molar-refractivity contribution < 1.29 is 4.79 Å². The minimum absolute atomic E-state index is 0.0178. The van der Waals surface area contributed by atoms with E-state index in [4.69, 9.17) is 0 Å². The number of hydrogen-bond acceptors (Lipinski definition) is 3. The van der Waals surface area contributed by atoms with E-state index in [9.17, 15) is 4.79 Å². The van der Waals surface area contributed by atoms with Crippen LogP contribution in [0.25, 0.3) is 0 Å². The molecule has 0 bridgehead atoms. The summed E-state index contributed by atoms with van der Waals surface area (Å²) in [5, 5.41) is 3.03. The average molecular weight is 325 g/mol. The molecule has 24 heavy (non-hydrogen) atoms. The summed E-state index contributed by atoms with van der Waals surface area (Å²) in [6.45, 7) is 0.891. The van der Waals surface area contributed by atoms with Gasteiger partial charge in [0.2, 0.25) is 5.91 Å². The van der Waals surface area contributed by atoms with E-state index in [0.717, 1.165) is 17.8 Å². The van der Waals surface area contributed by atoms with Gasteiger partial charge in [0.25, 0.3) is 0 Å². The van der Waals surface area contributed by atoms with Gasteiger partial charge in [0.05, 0.1) is 6.04 Å². The Morgan fingerprint density at radius 1 is 0.917 bits per heavy atom. The van der Waals surface area contributed by atoms with Gasteiger partial charge in [-0.2, -0.15) is 0 Å². The molecule has 0 unspecified atom stereocenters. The first-order valence-electron chi connectivity index (χ1n) is 8.20. The maximum atomic E-state index is 12.7. The first-order chi connectivity index (χ1) is 11.5. The fourth-order valence-electron chi connectivity index (χ4n) is 2.63. The molecule has 2 aromatic rings. The van der Waals surface area contributed by atoms with Gasteiger partial charge < -0.3 is 10.2 Å². The summed E-state index contributed by atoms with van der Waals surface area (Å²) in [6.07, 6.45) is 0.693. The minimum Gasteiger partial charge on any atom is -0.325 e. The molecule has 1 amide bonds. The lowest BCUT2D eigenvalue weighted by Gasteiger charge is -2.23. The lowest BCUT2D eigenvalue weighted by molar-refractivity contribution is -0.120. The van der Waals surface area contributed by atoms with Crippen molar-refractivity contribution in [2.75, 3.05) is 33.5 Å². The molecular formula is C20H27N3O. The van der Waals surface area contributed by atoms with Crippen molar-refractivity contribution >= 4 is 11.6 Å². The number of hydrogen-bond donors (Lipinski definition) is 1. The van der Waals surface area contributed by atoms with Gasteiger partial charge in [-0.25, -0.2) is 0 Å². The van der Waals surface area contributed by atoms with Gasteiger partial charge in [0.1, 0.15) is 0 Å². The van der Waals surface area contributed by atoms with Crippen LogP contribution in [0, 0.1) is 0 Å². The Morgan fingerprint density at radius 2 is 1.54 bits per heavy atom. The van der Waals surface area contributed by atoms with Crippen molar-refractivity contribution in [3.05, 3.63) is 65.7 Å². The second kappa shape index (κ2) is 8.62. The van der Waals surface area contributed by atoms with Crippen LogP contribution in [0.3, 0.4) is 0 Å². The predicted molar refractivity (Wildman–Crippen MR) is 100 cm³/mol. The van der Waals surface area contributed by atoms with Crippen LogP contribution in [0.1, 0.15) is 11.1 Å². The monoisotopic (exact) mass is 325 g/mol. The Balaban J connectivity index is 2.02. The highest BCUT2D eigenvalue weighted by Crippen LogP contribution is 2.13. The van der Waals surface area contributed by atoms with E-state index in [0.29, 0.717) is 6.42 Å². The summed E-state index contributed by atoms with van der Waals surface area (Å²) in [5.74, 6) is 0.0178. The number of nitrogens with zero attached hydrogens (tertiary/aromatic N) is 2. The molecule has 0 saturated heterocycles. The Labute approximate surface area is 145 Å². The maximum absolute atomic E-state index is 12.7. The Bertz CT molecular complexity index is 636. The van der Waals surface area contributed by atoms with Crippen molar-refractivity contribution in [1.29, 1.82) is 0 Å². The Kier molecular flexibility index (Phi) is 6.53. The molecule has 2 aromatic carbocycles. The van der Waals surface area contributed by atoms with Crippen LogP contribution in [0.2, 0.25) is 0 Å². The minimum atomic E-state index is -0.200. The van der Waals surface area contributed by atoms with E-state index in [1.54, 1.807) is 0 Å². The summed E-state index contributed by atoms with van der Waals surface area (Å²) in [6, 6.07) is 17.9. The molecular weight excluding hydrogens is 298 g/mol. The maximum Gasteiger partial charge on any atom is 0.242 e. The molecule has 0 radical (unpaired) electrons. The van der Waals surface area contributed by atoms with Crippen LogP contribution >= 0.6 is 0 Å². The second-order valence-corrected chi connectivity index (χ2v) is 6.59. The van der Waals surface area contributed by atoms with Crippen LogP contribution in [-0.4, -0.2) is 49.9 Å². The van der Waals surface area contributed by atoms with E-state index in [-0.39, 0.29) is 11.9 Å². The molecule has 0 fully saturated rings. The fourth-order valence-corrected chi connectivity index (χ4v) is 2.63. The van der Waals surface area contributed by atoms with Crippen LogP contribution in [0.15, 0.2) is 54.6 Å². The van der Waals surface area contributed by atoms with Crippen molar-refractivity contribution in [3.8, 4) is 0 Å². The van der Waals surface area contributed by atoms with Crippen LogP contribution in [0.5, 0.6) is 0 Å². The molecule has 0 heterocycles. The van der Waals surface area contributed by atoms with Crippen LogP contribution < -0.4 is 5.32 Å². The molecule has 2 rings (SSSR count). The third-order valence-electron chi connectivity index (χ3n) is 3.92. The van der Waals surface area contributed by atoms with E-state index in [1.807, 2.05) is 63.4 Å². The van der Waals surface area contributed by atoms with Crippen molar-refractivity contribution in [2.24, 2.45) is 0 Å². The van der Waals surface area contributed by atoms with Gasteiger partial charge in [0, 0.05) is 12.2 Å². The quantitative estimate of drug-likeness (QED) is 0.850. The molecule has 1 atom stereocenters. The summed E-state index contributed by atoms with van der Waals surface area (Å²) in [4.78, 5) is 16.7. The number of benzene rings is 2. The number of nitrogens with one attached hydrogen (secondary N) is 1. The van der Waals surface area contributed by atoms with E-state index >= 15 is 0 Å². The number of likely N-dealkylation sites (N-methyl/N-ethyl adjacent to an activating group) is 1. The van der Waals surface area contributed by atoms with Crippen LogP contribution in [0.4, 0.5) is 5.69 Å². The molecule has 0 aliphatic heterocycles. The van der Waals surface area contributed by atoms with Crippen molar-refractivity contribution in [3.63, 3.8) is 0 Å². The Morgan fingerprint density at radius 3 is 2.08 bits per heavy atom. The molecule has 1 N–H and O–H groups in total. The summed E-state index contributed by atoms with van der Waals surface area (Å²) in [5.41, 5.74) is 3.22. The van der Waals surface area contributed by atoms with Gasteiger partial charge in [-0.3, -0.25) is 9.69 Å². The van der Waals surface area contributed by atoms with E-state index in [1.165, 1.54) is 5.56 Å². The highest BCUT2D eigenvalue weighted by Gasteiger charge is 2.21. The number of rotatable bonds is 7. The molecule has 0 aliphatic carbocycles. The third-order valence-corrected chi connectivity index (χ3v) is 3.92.